The standard InChI is InChI=1S/C17H24BrNO2/c1-11-5-6-16(15(18)8-11)21-14(4)17(20)19-9-12(2)7-13(3)10-19/h5-6,8,12-14H,7,9-10H2,1-4H3. The van der Waals surface area contributed by atoms with E-state index in [-0.39, 0.29) is 5.91 Å². The van der Waals surface area contributed by atoms with Gasteiger partial charge in [-0.25, -0.2) is 0 Å². The highest BCUT2D eigenvalue weighted by Gasteiger charge is 2.29. The lowest BCUT2D eigenvalue weighted by molar-refractivity contribution is -0.140. The van der Waals surface area contributed by atoms with Gasteiger partial charge in [0, 0.05) is 13.1 Å². The number of halogens is 1. The van der Waals surface area contributed by atoms with E-state index in [1.807, 2.05) is 36.9 Å². The van der Waals surface area contributed by atoms with Gasteiger partial charge in [-0.05, 0) is 65.7 Å². The fourth-order valence-corrected chi connectivity index (χ4v) is 3.63. The van der Waals surface area contributed by atoms with Gasteiger partial charge in [0.2, 0.25) is 0 Å². The first-order valence-electron chi connectivity index (χ1n) is 7.58. The second-order valence-electron chi connectivity index (χ2n) is 6.38. The second kappa shape index (κ2) is 6.82. The Labute approximate surface area is 135 Å². The second-order valence-corrected chi connectivity index (χ2v) is 7.24. The van der Waals surface area contributed by atoms with Crippen molar-refractivity contribution in [1.82, 2.24) is 4.90 Å². The van der Waals surface area contributed by atoms with Gasteiger partial charge in [0.15, 0.2) is 6.10 Å². The van der Waals surface area contributed by atoms with Crippen molar-refractivity contribution in [3.63, 3.8) is 0 Å². The summed E-state index contributed by atoms with van der Waals surface area (Å²) in [6, 6.07) is 5.89. The van der Waals surface area contributed by atoms with Crippen LogP contribution in [0.25, 0.3) is 0 Å². The Kier molecular flexibility index (Phi) is 5.31. The molecule has 3 atom stereocenters. The molecule has 0 bridgehead atoms. The Morgan fingerprint density at radius 1 is 1.33 bits per heavy atom. The number of piperidine rings is 1. The highest BCUT2D eigenvalue weighted by molar-refractivity contribution is 9.10. The first-order chi connectivity index (χ1) is 9.86. The van der Waals surface area contributed by atoms with Crippen molar-refractivity contribution >= 4 is 21.8 Å². The van der Waals surface area contributed by atoms with Gasteiger partial charge in [-0.3, -0.25) is 4.79 Å². The number of hydrogen-bond acceptors (Lipinski definition) is 2. The number of benzene rings is 1. The van der Waals surface area contributed by atoms with Crippen LogP contribution in [0.1, 0.15) is 32.8 Å². The van der Waals surface area contributed by atoms with Gasteiger partial charge in [-0.2, -0.15) is 0 Å². The molecule has 1 fully saturated rings. The Bertz CT molecular complexity index is 508. The van der Waals surface area contributed by atoms with Crippen LogP contribution in [0.2, 0.25) is 0 Å². The van der Waals surface area contributed by atoms with Crippen LogP contribution in [-0.2, 0) is 4.79 Å². The zero-order valence-corrected chi connectivity index (χ0v) is 14.8. The van der Waals surface area contributed by atoms with E-state index in [1.54, 1.807) is 0 Å². The molecule has 0 spiro atoms. The third-order valence-corrected chi connectivity index (χ3v) is 4.54. The molecular formula is C17H24BrNO2. The van der Waals surface area contributed by atoms with Gasteiger partial charge in [0.05, 0.1) is 4.47 Å². The van der Waals surface area contributed by atoms with Crippen molar-refractivity contribution in [2.45, 2.75) is 40.2 Å². The van der Waals surface area contributed by atoms with E-state index in [1.165, 1.54) is 6.42 Å². The van der Waals surface area contributed by atoms with E-state index in [9.17, 15) is 4.79 Å². The predicted molar refractivity (Wildman–Crippen MR) is 88.5 cm³/mol. The van der Waals surface area contributed by atoms with Crippen molar-refractivity contribution in [3.05, 3.63) is 28.2 Å². The summed E-state index contributed by atoms with van der Waals surface area (Å²) in [4.78, 5) is 14.5. The Morgan fingerprint density at radius 3 is 2.52 bits per heavy atom. The van der Waals surface area contributed by atoms with Crippen LogP contribution in [0.3, 0.4) is 0 Å². The fraction of sp³-hybridized carbons (Fsp3) is 0.588. The molecule has 3 nitrogen and oxygen atoms in total. The lowest BCUT2D eigenvalue weighted by Gasteiger charge is -2.36. The largest absolute Gasteiger partial charge is 0.480 e. The molecule has 1 aliphatic heterocycles. The molecule has 1 aliphatic rings. The van der Waals surface area contributed by atoms with Crippen LogP contribution >= 0.6 is 15.9 Å². The van der Waals surface area contributed by atoms with Gasteiger partial charge >= 0.3 is 0 Å². The zero-order chi connectivity index (χ0) is 15.6. The van der Waals surface area contributed by atoms with E-state index < -0.39 is 6.10 Å². The minimum absolute atomic E-state index is 0.0841. The normalized spacial score (nSPS) is 23.8. The Morgan fingerprint density at radius 2 is 1.95 bits per heavy atom. The molecule has 0 aromatic heterocycles. The maximum atomic E-state index is 12.6. The van der Waals surface area contributed by atoms with E-state index in [0.29, 0.717) is 11.8 Å². The summed E-state index contributed by atoms with van der Waals surface area (Å²) in [5.74, 6) is 1.94. The SMILES string of the molecule is Cc1ccc(OC(C)C(=O)N2CC(C)CC(C)C2)c(Br)c1. The van der Waals surface area contributed by atoms with Gasteiger partial charge in [0.25, 0.3) is 5.91 Å². The lowest BCUT2D eigenvalue weighted by Crippen LogP contribution is -2.47. The van der Waals surface area contributed by atoms with Crippen LogP contribution in [0.4, 0.5) is 0 Å². The van der Waals surface area contributed by atoms with E-state index >= 15 is 0 Å². The van der Waals surface area contributed by atoms with Crippen molar-refractivity contribution in [1.29, 1.82) is 0 Å². The van der Waals surface area contributed by atoms with Gasteiger partial charge in [-0.1, -0.05) is 19.9 Å². The molecule has 0 saturated carbocycles. The molecule has 1 amide bonds. The number of hydrogen-bond donors (Lipinski definition) is 0. The minimum Gasteiger partial charge on any atom is -0.480 e. The van der Waals surface area contributed by atoms with Gasteiger partial charge < -0.3 is 9.64 Å². The zero-order valence-electron chi connectivity index (χ0n) is 13.2. The molecule has 1 aromatic rings. The highest BCUT2D eigenvalue weighted by atomic mass is 79.9. The van der Waals surface area contributed by atoms with Crippen LogP contribution in [0.15, 0.2) is 22.7 Å². The Balaban J connectivity index is 2.02. The monoisotopic (exact) mass is 353 g/mol. The minimum atomic E-state index is -0.457. The summed E-state index contributed by atoms with van der Waals surface area (Å²) in [5, 5.41) is 0. The average Bonchev–Trinajstić information content (AvgIpc) is 2.40. The maximum absolute atomic E-state index is 12.6. The molecule has 0 N–H and O–H groups in total. The average molecular weight is 354 g/mol. The Hall–Kier alpha value is -1.03. The number of nitrogens with zero attached hydrogens (tertiary/aromatic N) is 1. The lowest BCUT2D eigenvalue weighted by atomic mass is 9.91. The van der Waals surface area contributed by atoms with Crippen LogP contribution in [0.5, 0.6) is 5.75 Å². The number of aryl methyl sites for hydroxylation is 1. The number of carbonyl (C=O) groups is 1. The first kappa shape index (κ1) is 16.3. The molecule has 0 aliphatic carbocycles. The van der Waals surface area contributed by atoms with Crippen molar-refractivity contribution in [3.8, 4) is 5.75 Å². The molecule has 116 valence electrons. The van der Waals surface area contributed by atoms with Crippen LogP contribution < -0.4 is 4.74 Å². The van der Waals surface area contributed by atoms with E-state index in [0.717, 1.165) is 28.9 Å². The third-order valence-electron chi connectivity index (χ3n) is 3.92. The number of rotatable bonds is 3. The summed E-state index contributed by atoms with van der Waals surface area (Å²) in [5.41, 5.74) is 1.16. The highest BCUT2D eigenvalue weighted by Crippen LogP contribution is 2.27. The van der Waals surface area contributed by atoms with Crippen molar-refractivity contribution < 1.29 is 9.53 Å². The summed E-state index contributed by atoms with van der Waals surface area (Å²) >= 11 is 3.49. The fourth-order valence-electron chi connectivity index (χ4n) is 3.04. The topological polar surface area (TPSA) is 29.5 Å². The van der Waals surface area contributed by atoms with Gasteiger partial charge in [-0.15, -0.1) is 0 Å². The number of carbonyl (C=O) groups excluding carboxylic acids is 1. The molecule has 4 heteroatoms. The van der Waals surface area contributed by atoms with Gasteiger partial charge in [0.1, 0.15) is 5.75 Å². The van der Waals surface area contributed by atoms with Crippen LogP contribution in [-0.4, -0.2) is 30.0 Å². The molecular weight excluding hydrogens is 330 g/mol. The summed E-state index contributed by atoms with van der Waals surface area (Å²) in [6.45, 7) is 9.95. The third kappa shape index (κ3) is 4.22. The predicted octanol–water partition coefficient (Wildman–Crippen LogP) is 4.03. The number of likely N-dealkylation sites (tertiary alicyclic amines) is 1. The number of amides is 1. The maximum Gasteiger partial charge on any atom is 0.263 e. The summed E-state index contributed by atoms with van der Waals surface area (Å²) in [7, 11) is 0. The molecule has 3 unspecified atom stereocenters. The molecule has 2 rings (SSSR count). The summed E-state index contributed by atoms with van der Waals surface area (Å²) in [6.07, 6.45) is 0.740. The van der Waals surface area contributed by atoms with E-state index in [2.05, 4.69) is 29.8 Å². The van der Waals surface area contributed by atoms with E-state index in [4.69, 9.17) is 4.74 Å². The van der Waals surface area contributed by atoms with Crippen LogP contribution in [0, 0.1) is 18.8 Å². The molecule has 0 radical (unpaired) electrons. The first-order valence-corrected chi connectivity index (χ1v) is 8.37. The smallest absolute Gasteiger partial charge is 0.263 e. The number of ether oxygens (including phenoxy) is 1. The molecule has 21 heavy (non-hydrogen) atoms. The molecule has 1 saturated heterocycles. The van der Waals surface area contributed by atoms with Crippen molar-refractivity contribution in [2.75, 3.05) is 13.1 Å². The quantitative estimate of drug-likeness (QED) is 0.820. The van der Waals surface area contributed by atoms with Crippen molar-refractivity contribution in [2.24, 2.45) is 11.8 Å². The molecule has 1 heterocycles. The molecule has 1 aromatic carbocycles. The summed E-state index contributed by atoms with van der Waals surface area (Å²) < 4.78 is 6.74.